The van der Waals surface area contributed by atoms with Crippen molar-refractivity contribution in [2.24, 2.45) is 5.73 Å². The lowest BCUT2D eigenvalue weighted by atomic mass is 10.1. The fraction of sp³-hybridized carbons (Fsp3) is 0.432. The van der Waals surface area contributed by atoms with E-state index in [1.165, 1.54) is 6.20 Å². The fourth-order valence-corrected chi connectivity index (χ4v) is 9.10. The zero-order valence-corrected chi connectivity index (χ0v) is 36.9. The third-order valence-corrected chi connectivity index (χ3v) is 12.3. The van der Waals surface area contributed by atoms with Crippen LogP contribution in [-0.4, -0.2) is 105 Å². The number of pyridine rings is 1. The molecule has 1 fully saturated rings. The number of carboxylic acids is 1. The fourth-order valence-electron chi connectivity index (χ4n) is 7.37. The largest absolute Gasteiger partial charge is 0.477 e. The van der Waals surface area contributed by atoms with Crippen molar-refractivity contribution in [3.05, 3.63) is 106 Å². The SMILES string of the molecule is CCn1cc(C(=O)O)c(=O)c2cc(F)c(N3CCN(C(=O)OCc4ccc(NC[C@@H](CCCNC(N)=O)NC[C@@H](C[Si](C)(C)C)NC(=O)OCc5ccccc5)cc4)CC3)cc21. The first-order chi connectivity index (χ1) is 29.6. The minimum atomic E-state index is -1.58. The monoisotopic (exact) mass is 874 g/mol. The van der Waals surface area contributed by atoms with Gasteiger partial charge in [0.15, 0.2) is 0 Å². The van der Waals surface area contributed by atoms with Crippen LogP contribution in [0.25, 0.3) is 10.9 Å². The molecule has 0 radical (unpaired) electrons. The molecule has 3 aromatic carbocycles. The number of carbonyl (C=O) groups is 4. The van der Waals surface area contributed by atoms with Crippen LogP contribution in [0.3, 0.4) is 0 Å². The first-order valence-corrected chi connectivity index (χ1v) is 24.6. The predicted octanol–water partition coefficient (Wildman–Crippen LogP) is 5.77. The summed E-state index contributed by atoms with van der Waals surface area (Å²) in [6.45, 7) is 12.0. The first kappa shape index (κ1) is 46.9. The standard InChI is InChI=1S/C44H59FN8O8Si/c1-5-51-26-36(41(55)56)40(54)35-22-37(45)39(23-38(35)51)52-18-20-53(21-19-52)44(59)61-28-31-13-15-32(16-14-31)48-24-33(12-9-17-47-42(46)57)49-25-34(29-62(2,3)4)50-43(58)60-27-30-10-7-6-8-11-30/h6-8,10-11,13-16,22-23,26,33-34,48-49H,5,9,12,17-21,24-25,27-29H2,1-4H3,(H,50,58)(H,55,56)(H3,46,47,57)/t33-,34+/m1/s1. The molecule has 2 atom stereocenters. The summed E-state index contributed by atoms with van der Waals surface area (Å²) in [4.78, 5) is 64.8. The number of aromatic carboxylic acids is 1. The highest BCUT2D eigenvalue weighted by Gasteiger charge is 2.26. The Morgan fingerprint density at radius 1 is 0.903 bits per heavy atom. The number of aromatic nitrogens is 1. The Morgan fingerprint density at radius 3 is 2.23 bits per heavy atom. The lowest BCUT2D eigenvalue weighted by molar-refractivity contribution is 0.0694. The Labute approximate surface area is 361 Å². The molecular weight excluding hydrogens is 816 g/mol. The van der Waals surface area contributed by atoms with Crippen molar-refractivity contribution >= 4 is 54.5 Å². The lowest BCUT2D eigenvalue weighted by Crippen LogP contribution is -2.49. The number of urea groups is 1. The van der Waals surface area contributed by atoms with E-state index in [1.807, 2.05) is 61.5 Å². The molecule has 0 bridgehead atoms. The van der Waals surface area contributed by atoms with Crippen LogP contribution in [0.5, 0.6) is 0 Å². The summed E-state index contributed by atoms with van der Waals surface area (Å²) in [5.41, 5.74) is 7.38. The molecule has 0 spiro atoms. The molecule has 18 heteroatoms. The number of piperazine rings is 1. The topological polar surface area (TPSA) is 210 Å². The van der Waals surface area contributed by atoms with Crippen LogP contribution in [0.1, 0.15) is 41.3 Å². The van der Waals surface area contributed by atoms with Crippen molar-refractivity contribution in [2.45, 2.75) is 77.3 Å². The maximum Gasteiger partial charge on any atom is 0.410 e. The summed E-state index contributed by atoms with van der Waals surface area (Å²) in [7, 11) is -1.58. The Kier molecular flexibility index (Phi) is 16.7. The first-order valence-electron chi connectivity index (χ1n) is 20.9. The number of primary amides is 1. The third kappa shape index (κ3) is 13.9. The molecule has 1 aliphatic rings. The zero-order chi connectivity index (χ0) is 44.8. The van der Waals surface area contributed by atoms with E-state index in [0.717, 1.165) is 35.3 Å². The van der Waals surface area contributed by atoms with E-state index >= 15 is 4.39 Å². The number of fused-ring (bicyclic) bond motifs is 1. The molecule has 7 N–H and O–H groups in total. The van der Waals surface area contributed by atoms with Crippen molar-refractivity contribution in [2.75, 3.05) is 56.0 Å². The molecule has 334 valence electrons. The molecule has 1 aromatic heterocycles. The molecule has 0 unspecified atom stereocenters. The average molecular weight is 875 g/mol. The van der Waals surface area contributed by atoms with Gasteiger partial charge in [-0.15, -0.1) is 0 Å². The number of anilines is 2. The Balaban J connectivity index is 1.11. The molecule has 4 amide bonds. The molecule has 16 nitrogen and oxygen atoms in total. The number of nitrogens with one attached hydrogen (secondary N) is 4. The van der Waals surface area contributed by atoms with Crippen molar-refractivity contribution in [3.63, 3.8) is 0 Å². The normalized spacial score (nSPS) is 13.9. The van der Waals surface area contributed by atoms with Gasteiger partial charge >= 0.3 is 24.2 Å². The number of carboxylic acid groups (broad SMARTS) is 1. The minimum Gasteiger partial charge on any atom is -0.477 e. The van der Waals surface area contributed by atoms with E-state index in [2.05, 4.69) is 40.9 Å². The van der Waals surface area contributed by atoms with Gasteiger partial charge in [0.1, 0.15) is 24.6 Å². The summed E-state index contributed by atoms with van der Waals surface area (Å²) in [6.07, 6.45) is 1.74. The molecule has 1 aliphatic heterocycles. The van der Waals surface area contributed by atoms with E-state index < -0.39 is 49.1 Å². The number of ether oxygens (including phenoxy) is 2. The van der Waals surface area contributed by atoms with E-state index in [1.54, 1.807) is 20.4 Å². The number of amides is 4. The lowest BCUT2D eigenvalue weighted by Gasteiger charge is -2.35. The number of hydrogen-bond acceptors (Lipinski definition) is 10. The zero-order valence-electron chi connectivity index (χ0n) is 35.9. The van der Waals surface area contributed by atoms with E-state index in [0.29, 0.717) is 64.3 Å². The van der Waals surface area contributed by atoms with Crippen LogP contribution in [0.15, 0.2) is 77.7 Å². The van der Waals surface area contributed by atoms with Gasteiger partial charge in [-0.25, -0.2) is 23.6 Å². The summed E-state index contributed by atoms with van der Waals surface area (Å²) >= 11 is 0. The van der Waals surface area contributed by atoms with Crippen LogP contribution < -0.4 is 37.3 Å². The van der Waals surface area contributed by atoms with Gasteiger partial charge in [0.25, 0.3) is 0 Å². The maximum absolute atomic E-state index is 15.4. The van der Waals surface area contributed by atoms with Gasteiger partial charge in [0.2, 0.25) is 5.43 Å². The van der Waals surface area contributed by atoms with Crippen LogP contribution in [0, 0.1) is 5.82 Å². The van der Waals surface area contributed by atoms with Gasteiger partial charge < -0.3 is 55.9 Å². The number of carbonyl (C=O) groups excluding carboxylic acids is 3. The third-order valence-electron chi connectivity index (χ3n) is 10.5. The smallest absolute Gasteiger partial charge is 0.410 e. The molecule has 62 heavy (non-hydrogen) atoms. The summed E-state index contributed by atoms with van der Waals surface area (Å²) in [5, 5.41) is 22.2. The molecule has 0 aliphatic carbocycles. The molecule has 1 saturated heterocycles. The summed E-state index contributed by atoms with van der Waals surface area (Å²) in [5.74, 6) is -2.01. The second-order valence-corrected chi connectivity index (χ2v) is 22.1. The minimum absolute atomic E-state index is 0.00187. The average Bonchev–Trinajstić information content (AvgIpc) is 3.24. The number of aryl methyl sites for hydroxylation is 1. The highest BCUT2D eigenvalue weighted by atomic mass is 28.3. The summed E-state index contributed by atoms with van der Waals surface area (Å²) < 4.78 is 28.1. The van der Waals surface area contributed by atoms with Gasteiger partial charge in [-0.1, -0.05) is 62.1 Å². The predicted molar refractivity (Wildman–Crippen MR) is 240 cm³/mol. The number of nitrogens with two attached hydrogens (primary N) is 1. The number of alkyl carbamates (subject to hydrolysis) is 1. The van der Waals surface area contributed by atoms with Crippen molar-refractivity contribution < 1.29 is 38.1 Å². The van der Waals surface area contributed by atoms with Crippen LogP contribution >= 0.6 is 0 Å². The molecule has 0 saturated carbocycles. The van der Waals surface area contributed by atoms with Crippen LogP contribution in [0.4, 0.5) is 30.1 Å². The second-order valence-electron chi connectivity index (χ2n) is 16.6. The van der Waals surface area contributed by atoms with E-state index in [9.17, 15) is 29.1 Å². The Hall–Kier alpha value is -6.14. The molecule has 2 heterocycles. The number of benzene rings is 3. The van der Waals surface area contributed by atoms with Crippen molar-refractivity contribution in [1.29, 1.82) is 0 Å². The highest BCUT2D eigenvalue weighted by Crippen LogP contribution is 2.27. The van der Waals surface area contributed by atoms with Crippen molar-refractivity contribution in [1.82, 2.24) is 25.4 Å². The number of nitrogens with zero attached hydrogens (tertiary/aromatic N) is 3. The van der Waals surface area contributed by atoms with Gasteiger partial charge in [-0.3, -0.25) is 4.79 Å². The van der Waals surface area contributed by atoms with Crippen LogP contribution in [0.2, 0.25) is 25.7 Å². The van der Waals surface area contributed by atoms with E-state index in [-0.39, 0.29) is 36.4 Å². The highest BCUT2D eigenvalue weighted by molar-refractivity contribution is 6.76. The molecular formula is C44H59FN8O8Si. The van der Waals surface area contributed by atoms with E-state index in [4.69, 9.17) is 15.2 Å². The molecule has 4 aromatic rings. The summed E-state index contributed by atoms with van der Waals surface area (Å²) in [6, 6.07) is 19.9. The van der Waals surface area contributed by atoms with Crippen LogP contribution in [-0.2, 0) is 29.2 Å². The van der Waals surface area contributed by atoms with Gasteiger partial charge in [0.05, 0.1) is 11.2 Å². The van der Waals surface area contributed by atoms with Gasteiger partial charge in [-0.2, -0.15) is 0 Å². The number of rotatable bonds is 20. The Morgan fingerprint density at radius 2 is 1.58 bits per heavy atom. The van der Waals surface area contributed by atoms with Gasteiger partial charge in [0, 0.05) is 89.8 Å². The molecule has 5 rings (SSSR count). The van der Waals surface area contributed by atoms with Crippen molar-refractivity contribution in [3.8, 4) is 0 Å². The quantitative estimate of drug-likeness (QED) is 0.0464. The number of halogens is 1. The van der Waals surface area contributed by atoms with Gasteiger partial charge in [-0.05, 0) is 61.2 Å². The maximum atomic E-state index is 15.4. The number of hydrogen-bond donors (Lipinski definition) is 6. The Bertz CT molecular complexity index is 2210. The second kappa shape index (κ2) is 22.1.